The van der Waals surface area contributed by atoms with E-state index >= 15 is 0 Å². The average molecular weight is 303 g/mol. The van der Waals surface area contributed by atoms with Gasteiger partial charge in [0.1, 0.15) is 6.29 Å². The zero-order valence-corrected chi connectivity index (χ0v) is 12.7. The molecule has 2 rings (SSSR count). The summed E-state index contributed by atoms with van der Waals surface area (Å²) < 4.78 is 10.2. The van der Waals surface area contributed by atoms with Crippen LogP contribution in [0, 0.1) is 0 Å². The molecule has 1 heterocycles. The second kappa shape index (κ2) is 8.16. The maximum atomic E-state index is 5.97. The van der Waals surface area contributed by atoms with Gasteiger partial charge in [-0.1, -0.05) is 30.3 Å². The fraction of sp³-hybridized carbons (Fsp3) is 0.333. The highest BCUT2D eigenvalue weighted by Gasteiger charge is 2.08. The second-order valence-electron chi connectivity index (χ2n) is 4.59. The van der Waals surface area contributed by atoms with Crippen molar-refractivity contribution >= 4 is 5.95 Å². The highest BCUT2D eigenvalue weighted by atomic mass is 16.5. The van der Waals surface area contributed by atoms with E-state index in [1.807, 2.05) is 18.2 Å². The number of nitrogens with one attached hydrogen (secondary N) is 2. The van der Waals surface area contributed by atoms with Crippen LogP contribution in [0.4, 0.5) is 5.95 Å². The first-order valence-electron chi connectivity index (χ1n) is 6.97. The Morgan fingerprint density at radius 3 is 2.32 bits per heavy atom. The predicted molar refractivity (Wildman–Crippen MR) is 84.9 cm³/mol. The number of aromatic nitrogens is 2. The fourth-order valence-corrected chi connectivity index (χ4v) is 1.88. The molecule has 118 valence electrons. The number of nitrogens with zero attached hydrogens (tertiary/aromatic N) is 2. The Bertz CT molecular complexity index is 557. The maximum Gasteiger partial charge on any atom is 0.231 e. The third-order valence-electron chi connectivity index (χ3n) is 3.00. The van der Waals surface area contributed by atoms with Gasteiger partial charge in [-0.05, 0) is 12.0 Å². The molecule has 7 nitrogen and oxygen atoms in total. The first kappa shape index (κ1) is 16.0. The molecule has 0 aliphatic heterocycles. The summed E-state index contributed by atoms with van der Waals surface area (Å²) in [6.07, 6.45) is 0.416. The molecule has 4 N–H and O–H groups in total. The molecule has 0 saturated carbocycles. The van der Waals surface area contributed by atoms with Crippen molar-refractivity contribution in [3.63, 3.8) is 0 Å². The number of methoxy groups -OCH3 is 2. The lowest BCUT2D eigenvalue weighted by Crippen LogP contribution is -2.45. The quantitative estimate of drug-likeness (QED) is 0.626. The minimum atomic E-state index is -0.472. The molecule has 0 fully saturated rings. The zero-order chi connectivity index (χ0) is 15.8. The van der Waals surface area contributed by atoms with Gasteiger partial charge in [0, 0.05) is 6.54 Å². The number of hydrogen-bond donors (Lipinski definition) is 3. The van der Waals surface area contributed by atoms with E-state index in [-0.39, 0.29) is 0 Å². The van der Waals surface area contributed by atoms with Gasteiger partial charge in [-0.15, -0.1) is 0 Å². The van der Waals surface area contributed by atoms with Crippen LogP contribution in [0.1, 0.15) is 5.56 Å². The Hall–Kier alpha value is -2.38. The van der Waals surface area contributed by atoms with Crippen LogP contribution in [0.3, 0.4) is 0 Å². The van der Waals surface area contributed by atoms with Gasteiger partial charge < -0.3 is 14.8 Å². The van der Waals surface area contributed by atoms with Crippen molar-refractivity contribution in [1.82, 2.24) is 15.3 Å². The van der Waals surface area contributed by atoms with Crippen LogP contribution < -0.4 is 25.8 Å². The Labute approximate surface area is 129 Å². The highest BCUT2D eigenvalue weighted by Crippen LogP contribution is 2.17. The molecule has 0 amide bonds. The molecule has 0 radical (unpaired) electrons. The van der Waals surface area contributed by atoms with Crippen molar-refractivity contribution in [2.75, 3.05) is 26.1 Å². The van der Waals surface area contributed by atoms with Crippen molar-refractivity contribution < 1.29 is 9.47 Å². The van der Waals surface area contributed by atoms with E-state index in [0.717, 1.165) is 13.0 Å². The Balaban J connectivity index is 1.85. The summed E-state index contributed by atoms with van der Waals surface area (Å²) in [4.78, 5) is 8.32. The van der Waals surface area contributed by atoms with Crippen molar-refractivity contribution in [3.05, 3.63) is 42.0 Å². The van der Waals surface area contributed by atoms with Gasteiger partial charge in [-0.2, -0.15) is 9.97 Å². The number of ether oxygens (including phenoxy) is 2. The highest BCUT2D eigenvalue weighted by molar-refractivity contribution is 5.34. The molecule has 0 aliphatic carbocycles. The summed E-state index contributed by atoms with van der Waals surface area (Å²) in [5.74, 6) is 1.16. The maximum absolute atomic E-state index is 5.97. The summed E-state index contributed by atoms with van der Waals surface area (Å²) in [5, 5.41) is 6.12. The minimum Gasteiger partial charge on any atom is -0.481 e. The van der Waals surface area contributed by atoms with Crippen LogP contribution in [0.2, 0.25) is 0 Å². The molecule has 0 bridgehead atoms. The smallest absolute Gasteiger partial charge is 0.231 e. The van der Waals surface area contributed by atoms with Crippen LogP contribution in [0.5, 0.6) is 11.8 Å². The molecular weight excluding hydrogens is 282 g/mol. The van der Waals surface area contributed by atoms with Crippen molar-refractivity contribution in [2.45, 2.75) is 12.7 Å². The minimum absolute atomic E-state index is 0.343. The van der Waals surface area contributed by atoms with Crippen molar-refractivity contribution in [3.8, 4) is 11.8 Å². The van der Waals surface area contributed by atoms with Gasteiger partial charge in [0.2, 0.25) is 17.7 Å². The monoisotopic (exact) mass is 303 g/mol. The number of nitrogens with two attached hydrogens (primary N) is 1. The molecule has 22 heavy (non-hydrogen) atoms. The van der Waals surface area contributed by atoms with E-state index in [1.54, 1.807) is 6.07 Å². The van der Waals surface area contributed by atoms with Crippen LogP contribution >= 0.6 is 0 Å². The van der Waals surface area contributed by atoms with E-state index in [0.29, 0.717) is 17.7 Å². The van der Waals surface area contributed by atoms with Crippen molar-refractivity contribution in [1.29, 1.82) is 0 Å². The molecule has 1 aromatic carbocycles. The lowest BCUT2D eigenvalue weighted by molar-refractivity contribution is 0.372. The van der Waals surface area contributed by atoms with Crippen LogP contribution in [-0.4, -0.2) is 37.0 Å². The van der Waals surface area contributed by atoms with Crippen LogP contribution in [-0.2, 0) is 6.42 Å². The molecule has 1 aromatic heterocycles. The third-order valence-corrected chi connectivity index (χ3v) is 3.00. The normalized spacial score (nSPS) is 11.8. The second-order valence-corrected chi connectivity index (χ2v) is 4.59. The van der Waals surface area contributed by atoms with Gasteiger partial charge in [-0.3, -0.25) is 11.1 Å². The SMILES string of the molecule is COc1cc(OC)nc(NC(N)NCCc2ccccc2)n1. The predicted octanol–water partition coefficient (Wildman–Crippen LogP) is 0.980. The first-order chi connectivity index (χ1) is 10.7. The Morgan fingerprint density at radius 1 is 1.09 bits per heavy atom. The number of anilines is 1. The van der Waals surface area contributed by atoms with E-state index in [2.05, 4.69) is 32.7 Å². The Kier molecular flexibility index (Phi) is 5.93. The lowest BCUT2D eigenvalue weighted by atomic mass is 10.1. The van der Waals surface area contributed by atoms with Gasteiger partial charge in [-0.25, -0.2) is 0 Å². The molecule has 1 unspecified atom stereocenters. The topological polar surface area (TPSA) is 94.3 Å². The van der Waals surface area contributed by atoms with E-state index < -0.39 is 6.29 Å². The molecule has 0 aliphatic rings. The summed E-state index contributed by atoms with van der Waals surface area (Å²) in [5.41, 5.74) is 7.22. The summed E-state index contributed by atoms with van der Waals surface area (Å²) >= 11 is 0. The molecule has 0 spiro atoms. The molecule has 0 saturated heterocycles. The van der Waals surface area contributed by atoms with Gasteiger partial charge in [0.15, 0.2) is 0 Å². The third kappa shape index (κ3) is 4.87. The average Bonchev–Trinajstić information content (AvgIpc) is 2.55. The van der Waals surface area contributed by atoms with Gasteiger partial charge in [0.25, 0.3) is 0 Å². The van der Waals surface area contributed by atoms with E-state index in [9.17, 15) is 0 Å². The largest absolute Gasteiger partial charge is 0.481 e. The van der Waals surface area contributed by atoms with Gasteiger partial charge >= 0.3 is 0 Å². The summed E-state index contributed by atoms with van der Waals surface area (Å²) in [7, 11) is 3.06. The standard InChI is InChI=1S/C15H21N5O2/c1-21-12-10-13(22-2)19-15(18-12)20-14(16)17-9-8-11-6-4-3-5-7-11/h3-7,10,14,17H,8-9,16H2,1-2H3,(H,18,19,20). The van der Waals surface area contributed by atoms with Crippen LogP contribution in [0.15, 0.2) is 36.4 Å². The van der Waals surface area contributed by atoms with Crippen molar-refractivity contribution in [2.24, 2.45) is 5.73 Å². The van der Waals surface area contributed by atoms with Gasteiger partial charge in [0.05, 0.1) is 20.3 Å². The molecule has 1 atom stereocenters. The zero-order valence-electron chi connectivity index (χ0n) is 12.7. The number of hydrogen-bond acceptors (Lipinski definition) is 7. The molecule has 7 heteroatoms. The molecular formula is C15H21N5O2. The number of benzene rings is 1. The lowest BCUT2D eigenvalue weighted by Gasteiger charge is -2.16. The summed E-state index contributed by atoms with van der Waals surface area (Å²) in [6.45, 7) is 0.735. The number of rotatable bonds is 8. The van der Waals surface area contributed by atoms with Crippen LogP contribution in [0.25, 0.3) is 0 Å². The van der Waals surface area contributed by atoms with E-state index in [4.69, 9.17) is 15.2 Å². The summed E-state index contributed by atoms with van der Waals surface area (Å²) in [6, 6.07) is 11.8. The molecule has 2 aromatic rings. The first-order valence-corrected chi connectivity index (χ1v) is 6.97. The fourth-order valence-electron chi connectivity index (χ4n) is 1.88. The Morgan fingerprint density at radius 2 is 1.73 bits per heavy atom. The van der Waals surface area contributed by atoms with E-state index in [1.165, 1.54) is 19.8 Å².